The third kappa shape index (κ3) is 2.07. The number of aromatic nitrogens is 3. The number of fused-ring (bicyclic) bond motifs is 1. The molecule has 2 N–H and O–H groups in total. The van der Waals surface area contributed by atoms with E-state index in [1.54, 1.807) is 0 Å². The van der Waals surface area contributed by atoms with Gasteiger partial charge in [-0.2, -0.15) is 5.10 Å². The number of hydrogen-bond donors (Lipinski definition) is 1. The molecule has 0 bridgehead atoms. The molecule has 0 spiro atoms. The molecule has 18 heavy (non-hydrogen) atoms. The molecule has 1 aliphatic carbocycles. The molecule has 2 aliphatic rings. The van der Waals surface area contributed by atoms with E-state index in [4.69, 9.17) is 5.73 Å². The quantitative estimate of drug-likeness (QED) is 0.803. The van der Waals surface area contributed by atoms with Crippen LogP contribution in [-0.2, 0) is 0 Å². The van der Waals surface area contributed by atoms with Crippen molar-refractivity contribution in [3.63, 3.8) is 0 Å². The van der Waals surface area contributed by atoms with Gasteiger partial charge < -0.3 is 10.6 Å². The number of anilines is 1. The van der Waals surface area contributed by atoms with Crippen molar-refractivity contribution < 1.29 is 0 Å². The maximum Gasteiger partial charge on any atom is 0.245 e. The second-order valence-corrected chi connectivity index (χ2v) is 5.78. The van der Waals surface area contributed by atoms with E-state index in [-0.39, 0.29) is 0 Å². The van der Waals surface area contributed by atoms with Gasteiger partial charge in [-0.05, 0) is 44.9 Å². The molecule has 1 saturated carbocycles. The molecular weight excluding hydrogens is 226 g/mol. The first-order valence-corrected chi connectivity index (χ1v) is 6.82. The van der Waals surface area contributed by atoms with E-state index in [1.165, 1.54) is 12.8 Å². The summed E-state index contributed by atoms with van der Waals surface area (Å²) < 4.78 is 0. The first-order valence-electron chi connectivity index (χ1n) is 6.82. The van der Waals surface area contributed by atoms with Gasteiger partial charge in [-0.15, -0.1) is 5.10 Å². The predicted octanol–water partition coefficient (Wildman–Crippen LogP) is 1.05. The second-order valence-electron chi connectivity index (χ2n) is 5.78. The van der Waals surface area contributed by atoms with Crippen molar-refractivity contribution in [2.45, 2.75) is 39.2 Å². The summed E-state index contributed by atoms with van der Waals surface area (Å²) in [4.78, 5) is 6.84. The van der Waals surface area contributed by atoms with Gasteiger partial charge in [-0.25, -0.2) is 4.98 Å². The summed E-state index contributed by atoms with van der Waals surface area (Å²) in [6, 6.07) is 0.394. The van der Waals surface area contributed by atoms with Gasteiger partial charge in [0.1, 0.15) is 0 Å². The summed E-state index contributed by atoms with van der Waals surface area (Å²) in [5.41, 5.74) is 7.95. The van der Waals surface area contributed by atoms with Crippen LogP contribution in [-0.4, -0.2) is 34.3 Å². The van der Waals surface area contributed by atoms with Gasteiger partial charge in [-0.3, -0.25) is 0 Å². The van der Waals surface area contributed by atoms with Crippen LogP contribution in [0.25, 0.3) is 0 Å². The standard InChI is InChI=1S/C13H21N5/c1-8-9(2)16-17-13(15-8)18-6-10-3-4-12(14)5-11(10)7-18/h10-12H,3-7,14H2,1-2H3/t10-,11+,12?/m1/s1. The molecule has 98 valence electrons. The number of nitrogens with two attached hydrogens (primary N) is 1. The molecule has 1 aromatic rings. The highest BCUT2D eigenvalue weighted by molar-refractivity contribution is 5.32. The molecule has 1 unspecified atom stereocenters. The summed E-state index contributed by atoms with van der Waals surface area (Å²) in [5, 5.41) is 8.41. The molecule has 5 heteroatoms. The Morgan fingerprint density at radius 2 is 1.83 bits per heavy atom. The maximum atomic E-state index is 6.06. The van der Waals surface area contributed by atoms with Crippen LogP contribution in [0.3, 0.4) is 0 Å². The summed E-state index contributed by atoms with van der Waals surface area (Å²) >= 11 is 0. The Kier molecular flexibility index (Phi) is 2.93. The van der Waals surface area contributed by atoms with Crippen molar-refractivity contribution in [1.82, 2.24) is 15.2 Å². The number of hydrogen-bond acceptors (Lipinski definition) is 5. The Morgan fingerprint density at radius 3 is 2.61 bits per heavy atom. The molecule has 0 aromatic carbocycles. The van der Waals surface area contributed by atoms with E-state index in [9.17, 15) is 0 Å². The maximum absolute atomic E-state index is 6.06. The highest BCUT2D eigenvalue weighted by Crippen LogP contribution is 2.36. The average Bonchev–Trinajstić information content (AvgIpc) is 2.75. The van der Waals surface area contributed by atoms with Crippen molar-refractivity contribution >= 4 is 5.95 Å². The van der Waals surface area contributed by atoms with Gasteiger partial charge >= 0.3 is 0 Å². The smallest absolute Gasteiger partial charge is 0.245 e. The Morgan fingerprint density at radius 1 is 1.06 bits per heavy atom. The molecule has 2 fully saturated rings. The summed E-state index contributed by atoms with van der Waals surface area (Å²) in [5.74, 6) is 2.29. The van der Waals surface area contributed by atoms with Crippen molar-refractivity contribution in [2.24, 2.45) is 17.6 Å². The fourth-order valence-corrected chi connectivity index (χ4v) is 3.21. The van der Waals surface area contributed by atoms with Gasteiger partial charge in [-0.1, -0.05) is 0 Å². The van der Waals surface area contributed by atoms with Crippen molar-refractivity contribution in [3.8, 4) is 0 Å². The molecule has 1 aliphatic heterocycles. The summed E-state index contributed by atoms with van der Waals surface area (Å²) in [7, 11) is 0. The first kappa shape index (κ1) is 11.8. The topological polar surface area (TPSA) is 67.9 Å². The highest BCUT2D eigenvalue weighted by Gasteiger charge is 2.37. The number of aryl methyl sites for hydroxylation is 2. The molecule has 1 saturated heterocycles. The minimum absolute atomic E-state index is 0.394. The molecule has 5 nitrogen and oxygen atoms in total. The average molecular weight is 247 g/mol. The highest BCUT2D eigenvalue weighted by atomic mass is 15.3. The third-order valence-electron chi connectivity index (χ3n) is 4.45. The van der Waals surface area contributed by atoms with E-state index < -0.39 is 0 Å². The van der Waals surface area contributed by atoms with Gasteiger partial charge in [0, 0.05) is 19.1 Å². The summed E-state index contributed by atoms with van der Waals surface area (Å²) in [6.07, 6.45) is 3.57. The van der Waals surface area contributed by atoms with Crippen LogP contribution in [0.4, 0.5) is 5.95 Å². The third-order valence-corrected chi connectivity index (χ3v) is 4.45. The minimum atomic E-state index is 0.394. The second kappa shape index (κ2) is 4.46. The summed E-state index contributed by atoms with van der Waals surface area (Å²) in [6.45, 7) is 6.05. The van der Waals surface area contributed by atoms with E-state index >= 15 is 0 Å². The molecule has 0 radical (unpaired) electrons. The predicted molar refractivity (Wildman–Crippen MR) is 70.3 cm³/mol. The SMILES string of the molecule is Cc1nnc(N2C[C@H]3CCC(N)C[C@H]3C2)nc1C. The van der Waals surface area contributed by atoms with Gasteiger partial charge in [0.05, 0.1) is 11.4 Å². The van der Waals surface area contributed by atoms with Crippen molar-refractivity contribution in [1.29, 1.82) is 0 Å². The normalized spacial score (nSPS) is 31.5. The van der Waals surface area contributed by atoms with Gasteiger partial charge in [0.25, 0.3) is 0 Å². The van der Waals surface area contributed by atoms with Crippen LogP contribution in [0.2, 0.25) is 0 Å². The molecule has 0 amide bonds. The Hall–Kier alpha value is -1.23. The van der Waals surface area contributed by atoms with Crippen LogP contribution in [0.5, 0.6) is 0 Å². The molecule has 1 aromatic heterocycles. The fourth-order valence-electron chi connectivity index (χ4n) is 3.21. The zero-order valence-electron chi connectivity index (χ0n) is 11.1. The first-order chi connectivity index (χ1) is 8.63. The Balaban J connectivity index is 1.76. The van der Waals surface area contributed by atoms with E-state index in [0.29, 0.717) is 6.04 Å². The van der Waals surface area contributed by atoms with Crippen LogP contribution in [0, 0.1) is 25.7 Å². The molecule has 3 atom stereocenters. The number of nitrogens with zero attached hydrogens (tertiary/aromatic N) is 4. The zero-order valence-corrected chi connectivity index (χ0v) is 11.1. The molecular formula is C13H21N5. The molecule has 3 rings (SSSR count). The Bertz CT molecular complexity index is 447. The lowest BCUT2D eigenvalue weighted by molar-refractivity contribution is 0.271. The minimum Gasteiger partial charge on any atom is -0.339 e. The fraction of sp³-hybridized carbons (Fsp3) is 0.769. The largest absolute Gasteiger partial charge is 0.339 e. The van der Waals surface area contributed by atoms with Crippen LogP contribution >= 0.6 is 0 Å². The zero-order chi connectivity index (χ0) is 12.7. The van der Waals surface area contributed by atoms with Crippen molar-refractivity contribution in [2.75, 3.05) is 18.0 Å². The number of rotatable bonds is 1. The van der Waals surface area contributed by atoms with E-state index in [0.717, 1.165) is 48.7 Å². The van der Waals surface area contributed by atoms with Crippen LogP contribution in [0.15, 0.2) is 0 Å². The molecule has 2 heterocycles. The van der Waals surface area contributed by atoms with Crippen LogP contribution in [0.1, 0.15) is 30.7 Å². The van der Waals surface area contributed by atoms with E-state index in [1.807, 2.05) is 13.8 Å². The van der Waals surface area contributed by atoms with Crippen molar-refractivity contribution in [3.05, 3.63) is 11.4 Å². The lowest BCUT2D eigenvalue weighted by Gasteiger charge is -2.27. The Labute approximate surface area is 108 Å². The van der Waals surface area contributed by atoms with Gasteiger partial charge in [0.15, 0.2) is 0 Å². The van der Waals surface area contributed by atoms with Gasteiger partial charge in [0.2, 0.25) is 5.95 Å². The lowest BCUT2D eigenvalue weighted by atomic mass is 9.79. The lowest BCUT2D eigenvalue weighted by Crippen LogP contribution is -2.32. The van der Waals surface area contributed by atoms with E-state index in [2.05, 4.69) is 20.1 Å². The monoisotopic (exact) mass is 247 g/mol. The van der Waals surface area contributed by atoms with Crippen LogP contribution < -0.4 is 10.6 Å².